The van der Waals surface area contributed by atoms with Crippen LogP contribution in [0, 0.1) is 0 Å². The van der Waals surface area contributed by atoms with Crippen LogP contribution in [-0.4, -0.2) is 175 Å². The third-order valence-electron chi connectivity index (χ3n) is 1.88. The first kappa shape index (κ1) is 55.2. The van der Waals surface area contributed by atoms with Gasteiger partial charge in [0.2, 0.25) is 0 Å². The van der Waals surface area contributed by atoms with Crippen LogP contribution in [0.5, 0.6) is 0 Å². The van der Waals surface area contributed by atoms with Crippen LogP contribution in [-0.2, 0) is 18.1 Å². The molecule has 1 aromatic carbocycles. The molecule has 0 saturated carbocycles. The van der Waals surface area contributed by atoms with Crippen molar-refractivity contribution in [1.82, 2.24) is 0 Å². The first-order valence-corrected chi connectivity index (χ1v) is 34.4. The molecule has 0 radical (unpaired) electrons. The molecule has 0 saturated heterocycles. The molecule has 0 fully saturated rings. The van der Waals surface area contributed by atoms with E-state index in [0.717, 1.165) is 13.1 Å². The van der Waals surface area contributed by atoms with Gasteiger partial charge in [-0.1, -0.05) is 18.2 Å². The number of para-hydroxylation sites is 1. The van der Waals surface area contributed by atoms with E-state index in [0.29, 0.717) is 0 Å². The minimum absolute atomic E-state index is 1.08. The number of halogens is 6. The Kier molecular flexibility index (Phi) is 36.4. The summed E-state index contributed by atoms with van der Waals surface area (Å²) in [7, 11) is 0. The quantitative estimate of drug-likeness (QED) is 0.100. The van der Waals surface area contributed by atoms with E-state index in [2.05, 4.69) is 43.0 Å². The normalized spacial score (nSPS) is 11.2. The number of benzene rings is 1. The molecule has 0 atom stereocenters. The van der Waals surface area contributed by atoms with Gasteiger partial charge in [-0.25, -0.2) is 0 Å². The third-order valence-corrected chi connectivity index (χ3v) is 1.88. The molecule has 19 nitrogen and oxygen atoms in total. The zero-order valence-electron chi connectivity index (χ0n) is 20.0. The summed E-state index contributed by atoms with van der Waals surface area (Å²) in [5, 5.41) is 0. The average Bonchev–Trinajstić information content (AvgIpc) is 2.55. The fourth-order valence-electron chi connectivity index (χ4n) is 1.23. The van der Waals surface area contributed by atoms with Crippen molar-refractivity contribution in [2.24, 2.45) is 0 Å². The minimum atomic E-state index is -5.85. The molecule has 0 amide bonds. The molecule has 31 heteroatoms. The van der Waals surface area contributed by atoms with Crippen molar-refractivity contribution >= 4 is 127 Å². The number of anilines is 1. The van der Waals surface area contributed by atoms with Crippen LogP contribution in [0.4, 0.5) is 22.6 Å². The SMILES string of the molecule is CCN(CC)c1ccccc1.[O]=[Sb]([OH])([OH])[F].[O]=[Sb]([OH])([OH])[F].[O]=[Sb]([OH])([OH])[F].[O]=[Sb]([OH])([OH])[F].[O]=[Sb]([OH])([OH])[F].[O]=[Sb]([OH])([OH])[F]. The predicted octanol–water partition coefficient (Wildman–Crippen LogP) is -4.63. The summed E-state index contributed by atoms with van der Waals surface area (Å²) in [6.45, 7) is 6.52. The summed E-state index contributed by atoms with van der Waals surface area (Å²) >= 11 is -35.1. The second-order valence-electron chi connectivity index (χ2n) is 5.35. The van der Waals surface area contributed by atoms with Gasteiger partial charge < -0.3 is 4.90 Å². The van der Waals surface area contributed by atoms with Crippen LogP contribution in [0.25, 0.3) is 0 Å². The molecule has 0 bridgehead atoms. The average molecular weight is 1290 g/mol. The maximum absolute atomic E-state index is 10.4. The van der Waals surface area contributed by atoms with Crippen molar-refractivity contribution in [3.05, 3.63) is 30.3 Å². The van der Waals surface area contributed by atoms with E-state index in [9.17, 15) is 16.9 Å². The molecule has 1 aromatic rings. The van der Waals surface area contributed by atoms with Crippen molar-refractivity contribution in [2.45, 2.75) is 13.8 Å². The molecule has 0 unspecified atom stereocenters. The van der Waals surface area contributed by atoms with Crippen molar-refractivity contribution in [3.63, 3.8) is 0 Å². The molecular formula is C10H27F6NO18Sb6. The summed E-state index contributed by atoms with van der Waals surface area (Å²) in [6, 6.07) is 10.5. The summed E-state index contributed by atoms with van der Waals surface area (Å²) in [5.41, 5.74) is 1.32. The van der Waals surface area contributed by atoms with Crippen molar-refractivity contribution < 1.29 is 75.6 Å². The zero-order valence-corrected chi connectivity index (χ0v) is 35.3. The molecule has 0 aliphatic heterocycles. The van der Waals surface area contributed by atoms with Gasteiger partial charge in [-0.3, -0.25) is 0 Å². The van der Waals surface area contributed by atoms with Crippen LogP contribution in [0.15, 0.2) is 30.3 Å². The molecule has 1 rings (SSSR count). The Morgan fingerprint density at radius 3 is 0.732 bits per heavy atom. The van der Waals surface area contributed by atoms with Crippen molar-refractivity contribution in [1.29, 1.82) is 0 Å². The Hall–Kier alpha value is 1.83. The van der Waals surface area contributed by atoms with E-state index in [1.165, 1.54) is 5.69 Å². The number of hydrogen-bond donors (Lipinski definition) is 12. The van der Waals surface area contributed by atoms with Crippen LogP contribution in [0.2, 0.25) is 0 Å². The van der Waals surface area contributed by atoms with Crippen molar-refractivity contribution in [2.75, 3.05) is 18.0 Å². The van der Waals surface area contributed by atoms with Gasteiger partial charge in [-0.15, -0.1) is 0 Å². The summed E-state index contributed by atoms with van der Waals surface area (Å²) in [4.78, 5) is 2.33. The fraction of sp³-hybridized carbons (Fsp3) is 0.400. The molecule has 0 aliphatic carbocycles. The summed E-state index contributed by atoms with van der Waals surface area (Å²) in [5.74, 6) is 0. The molecule has 0 aliphatic rings. The summed E-state index contributed by atoms with van der Waals surface area (Å²) in [6.07, 6.45) is 0. The van der Waals surface area contributed by atoms with Gasteiger partial charge in [-0.2, -0.15) is 0 Å². The topological polar surface area (TPSA) is 348 Å². The first-order chi connectivity index (χ1) is 17.4. The predicted molar refractivity (Wildman–Crippen MR) is 122 cm³/mol. The van der Waals surface area contributed by atoms with E-state index < -0.39 is 121 Å². The van der Waals surface area contributed by atoms with Gasteiger partial charge in [0.05, 0.1) is 0 Å². The Morgan fingerprint density at radius 1 is 0.463 bits per heavy atom. The third kappa shape index (κ3) is 209. The number of hydrogen-bond acceptors (Lipinski definition) is 7. The first-order valence-electron chi connectivity index (χ1n) is 8.69. The van der Waals surface area contributed by atoms with Crippen molar-refractivity contribution in [3.8, 4) is 0 Å². The van der Waals surface area contributed by atoms with Gasteiger partial charge in [-0.05, 0) is 26.0 Å². The molecular weight excluding hydrogens is 1270 g/mol. The summed E-state index contributed by atoms with van der Waals surface area (Å²) < 4.78 is 200. The second-order valence-corrected chi connectivity index (χ2v) is 21.5. The number of rotatable bonds is 3. The molecule has 12 N–H and O–H groups in total. The molecule has 41 heavy (non-hydrogen) atoms. The zero-order chi connectivity index (χ0) is 35.1. The van der Waals surface area contributed by atoms with Gasteiger partial charge in [0, 0.05) is 18.8 Å². The molecule has 252 valence electrons. The second kappa shape index (κ2) is 27.0. The van der Waals surface area contributed by atoms with Crippen LogP contribution in [0.3, 0.4) is 0 Å². The van der Waals surface area contributed by atoms with E-state index in [1.54, 1.807) is 0 Å². The number of nitrogens with zero attached hydrogens (tertiary/aromatic N) is 1. The fourth-order valence-corrected chi connectivity index (χ4v) is 1.23. The molecule has 0 aromatic heterocycles. The van der Waals surface area contributed by atoms with E-state index in [4.69, 9.17) is 58.7 Å². The van der Waals surface area contributed by atoms with Crippen LogP contribution in [0.1, 0.15) is 13.8 Å². The monoisotopic (exact) mass is 1290 g/mol. The van der Waals surface area contributed by atoms with Gasteiger partial charge in [0.15, 0.2) is 0 Å². The van der Waals surface area contributed by atoms with E-state index >= 15 is 0 Å². The van der Waals surface area contributed by atoms with Crippen LogP contribution >= 0.6 is 0 Å². The Bertz CT molecular complexity index is 841. The van der Waals surface area contributed by atoms with Gasteiger partial charge in [0.1, 0.15) is 0 Å². The maximum atomic E-state index is 10.4. The molecule has 0 heterocycles. The molecule has 0 spiro atoms. The van der Waals surface area contributed by atoms with E-state index in [1.807, 2.05) is 6.07 Å². The van der Waals surface area contributed by atoms with Crippen LogP contribution < -0.4 is 4.90 Å². The van der Waals surface area contributed by atoms with Gasteiger partial charge >= 0.3 is 197 Å². The Labute approximate surface area is 261 Å². The Balaban J connectivity index is -0.0000000904. The standard InChI is InChI=1S/C10H15N.6FH.12H2O.6O.6Sb/c1-3-11(4-2)10-8-6-5-7-9-10;;;;;;;;;;;;;;;;;;;;;;;;;;;;;;/h5-9H,3-4H2,1-2H3;6*1H;12*1H2;;;;;;;;;;;;/q;;;;;;;;;;;;;;;;;;;;;;;;;6*+3/p-18. The van der Waals surface area contributed by atoms with Gasteiger partial charge in [0.25, 0.3) is 0 Å². The Morgan fingerprint density at radius 2 is 0.610 bits per heavy atom. The van der Waals surface area contributed by atoms with E-state index in [-0.39, 0.29) is 0 Å².